The van der Waals surface area contributed by atoms with Crippen molar-refractivity contribution in [1.82, 2.24) is 0 Å². The van der Waals surface area contributed by atoms with E-state index in [4.69, 9.17) is 6.42 Å². The molecule has 0 N–H and O–H groups in total. The highest BCUT2D eigenvalue weighted by Gasteiger charge is 2.09. The summed E-state index contributed by atoms with van der Waals surface area (Å²) in [6.07, 6.45) is 6.74. The molecule has 3 aromatic carbocycles. The summed E-state index contributed by atoms with van der Waals surface area (Å²) in [7, 11) is 0. The predicted molar refractivity (Wildman–Crippen MR) is 105 cm³/mol. The molecule has 0 heterocycles. The van der Waals surface area contributed by atoms with Crippen molar-refractivity contribution in [1.29, 1.82) is 0 Å². The Morgan fingerprint density at radius 1 is 1.12 bits per heavy atom. The van der Waals surface area contributed by atoms with Crippen LogP contribution in [0.3, 0.4) is 0 Å². The molecular formula is C23H21O2. The SMILES string of the molecule is C.C#Cc1ccc2cc(-c3cccc(C(=O)CC)c3)ccc2c1C=O.[H]. The quantitative estimate of drug-likeness (QED) is 0.352. The summed E-state index contributed by atoms with van der Waals surface area (Å²) in [6, 6.07) is 17.2. The van der Waals surface area contributed by atoms with E-state index in [1.54, 1.807) is 6.07 Å². The number of aldehydes is 1. The third kappa shape index (κ3) is 3.36. The fraction of sp³-hybridized carbons (Fsp3) is 0.130. The van der Waals surface area contributed by atoms with Crippen molar-refractivity contribution in [2.75, 3.05) is 0 Å². The van der Waals surface area contributed by atoms with Crippen molar-refractivity contribution in [2.24, 2.45) is 0 Å². The molecule has 0 saturated heterocycles. The molecule has 0 aliphatic carbocycles. The highest BCUT2D eigenvalue weighted by molar-refractivity contribution is 6.02. The van der Waals surface area contributed by atoms with Crippen molar-refractivity contribution in [2.45, 2.75) is 20.8 Å². The Morgan fingerprint density at radius 2 is 1.88 bits per heavy atom. The zero-order valence-electron chi connectivity index (χ0n) is 14.4. The minimum atomic E-state index is 0. The first-order chi connectivity index (χ1) is 11.7. The largest absolute Gasteiger partial charge is 0.298 e. The first-order valence-corrected chi connectivity index (χ1v) is 7.80. The molecule has 3 rings (SSSR count). The lowest BCUT2D eigenvalue weighted by Crippen LogP contribution is -1.96. The number of Topliss-reactive ketones (excluding diaryl/α,β-unsaturated/α-hetero) is 1. The van der Waals surface area contributed by atoms with Gasteiger partial charge < -0.3 is 0 Å². The molecule has 0 unspecified atom stereocenters. The summed E-state index contributed by atoms with van der Waals surface area (Å²) in [5, 5.41) is 1.78. The third-order valence-electron chi connectivity index (χ3n) is 4.17. The van der Waals surface area contributed by atoms with E-state index in [0.717, 1.165) is 28.2 Å². The maximum atomic E-state index is 11.9. The van der Waals surface area contributed by atoms with E-state index in [2.05, 4.69) is 5.92 Å². The molecule has 0 bridgehead atoms. The van der Waals surface area contributed by atoms with Gasteiger partial charge in [-0.05, 0) is 40.1 Å². The number of carbonyl (C=O) groups is 2. The van der Waals surface area contributed by atoms with Gasteiger partial charge in [0.2, 0.25) is 0 Å². The van der Waals surface area contributed by atoms with Gasteiger partial charge in [0.25, 0.3) is 0 Å². The summed E-state index contributed by atoms with van der Waals surface area (Å²) in [4.78, 5) is 23.3. The van der Waals surface area contributed by atoms with Gasteiger partial charge in [0.05, 0.1) is 0 Å². The maximum Gasteiger partial charge on any atom is 0.162 e. The van der Waals surface area contributed by atoms with Crippen molar-refractivity contribution >= 4 is 22.8 Å². The molecule has 0 atom stereocenters. The van der Waals surface area contributed by atoms with Crippen molar-refractivity contribution in [3.8, 4) is 23.5 Å². The predicted octanol–water partition coefficient (Wildman–Crippen LogP) is 5.64. The second-order valence-corrected chi connectivity index (χ2v) is 5.58. The number of hydrogen-bond donors (Lipinski definition) is 0. The van der Waals surface area contributed by atoms with E-state index in [0.29, 0.717) is 23.1 Å². The lowest BCUT2D eigenvalue weighted by Gasteiger charge is -2.08. The number of ketones is 1. The molecule has 0 aromatic heterocycles. The number of rotatable bonds is 4. The minimum absolute atomic E-state index is 0. The van der Waals surface area contributed by atoms with Gasteiger partial charge in [-0.25, -0.2) is 0 Å². The first kappa shape index (κ1) is 18.2. The van der Waals surface area contributed by atoms with Gasteiger partial charge in [0.15, 0.2) is 12.1 Å². The van der Waals surface area contributed by atoms with Gasteiger partial charge >= 0.3 is 0 Å². The molecule has 0 fully saturated rings. The smallest absolute Gasteiger partial charge is 0.162 e. The Hall–Kier alpha value is -3.18. The molecular weight excluding hydrogens is 308 g/mol. The fourth-order valence-electron chi connectivity index (χ4n) is 2.86. The summed E-state index contributed by atoms with van der Waals surface area (Å²) in [6.45, 7) is 1.86. The Kier molecular flexibility index (Phi) is 5.52. The van der Waals surface area contributed by atoms with Gasteiger partial charge in [-0.2, -0.15) is 0 Å². The topological polar surface area (TPSA) is 34.1 Å². The lowest BCUT2D eigenvalue weighted by molar-refractivity contribution is 0.0987. The van der Waals surface area contributed by atoms with Gasteiger partial charge in [0.1, 0.15) is 0 Å². The van der Waals surface area contributed by atoms with Crippen LogP contribution in [-0.2, 0) is 0 Å². The molecule has 3 aromatic rings. The van der Waals surface area contributed by atoms with E-state index in [1.807, 2.05) is 55.5 Å². The average Bonchev–Trinajstić information content (AvgIpc) is 2.65. The molecule has 25 heavy (non-hydrogen) atoms. The highest BCUT2D eigenvalue weighted by Crippen LogP contribution is 2.28. The zero-order chi connectivity index (χ0) is 17.1. The van der Waals surface area contributed by atoms with Crippen LogP contribution in [-0.4, -0.2) is 12.1 Å². The summed E-state index contributed by atoms with van der Waals surface area (Å²) in [5.74, 6) is 2.67. The average molecular weight is 329 g/mol. The molecule has 0 aliphatic rings. The van der Waals surface area contributed by atoms with Crippen LogP contribution in [0.4, 0.5) is 0 Å². The number of benzene rings is 3. The summed E-state index contributed by atoms with van der Waals surface area (Å²) >= 11 is 0. The van der Waals surface area contributed by atoms with Crippen LogP contribution in [0.1, 0.15) is 48.5 Å². The number of carbonyl (C=O) groups excluding carboxylic acids is 2. The zero-order valence-corrected chi connectivity index (χ0v) is 13.4. The van der Waals surface area contributed by atoms with Crippen LogP contribution in [0.5, 0.6) is 0 Å². The molecule has 125 valence electrons. The van der Waals surface area contributed by atoms with Crippen molar-refractivity contribution in [3.05, 3.63) is 71.3 Å². The fourth-order valence-corrected chi connectivity index (χ4v) is 2.86. The van der Waals surface area contributed by atoms with E-state index in [1.165, 1.54) is 0 Å². The summed E-state index contributed by atoms with van der Waals surface area (Å²) in [5.41, 5.74) is 3.83. The molecule has 2 nitrogen and oxygen atoms in total. The van der Waals surface area contributed by atoms with E-state index in [9.17, 15) is 9.59 Å². The van der Waals surface area contributed by atoms with Crippen LogP contribution in [0.25, 0.3) is 21.9 Å². The second kappa shape index (κ2) is 7.59. The van der Waals surface area contributed by atoms with Crippen LogP contribution in [0.15, 0.2) is 54.6 Å². The van der Waals surface area contributed by atoms with Crippen LogP contribution in [0, 0.1) is 12.3 Å². The number of fused-ring (bicyclic) bond motifs is 1. The van der Waals surface area contributed by atoms with Gasteiger partial charge in [0, 0.05) is 24.5 Å². The highest BCUT2D eigenvalue weighted by atomic mass is 16.1. The minimum Gasteiger partial charge on any atom is -0.298 e. The monoisotopic (exact) mass is 329 g/mol. The Balaban J connectivity index is 0.00000169. The Morgan fingerprint density at radius 3 is 2.56 bits per heavy atom. The number of hydrogen-bond acceptors (Lipinski definition) is 2. The van der Waals surface area contributed by atoms with E-state index >= 15 is 0 Å². The summed E-state index contributed by atoms with van der Waals surface area (Å²) < 4.78 is 0. The van der Waals surface area contributed by atoms with E-state index in [-0.39, 0.29) is 14.6 Å². The lowest BCUT2D eigenvalue weighted by atomic mass is 9.95. The standard InChI is InChI=1S/C22H16O2.CH4.H/c1-3-15-8-9-18-12-17(10-11-20(18)21(15)14-23)16-6-5-7-19(13-16)22(24)4-2;;/h1,5-14H,4H2,2H3;1H4;. The molecule has 0 saturated carbocycles. The Labute approximate surface area is 150 Å². The first-order valence-electron chi connectivity index (χ1n) is 7.80. The molecule has 2 heteroatoms. The molecule has 0 amide bonds. The third-order valence-corrected chi connectivity index (χ3v) is 4.17. The van der Waals surface area contributed by atoms with E-state index < -0.39 is 0 Å². The van der Waals surface area contributed by atoms with Crippen LogP contribution in [0.2, 0.25) is 0 Å². The number of terminal acetylenes is 1. The van der Waals surface area contributed by atoms with Crippen molar-refractivity contribution < 1.29 is 11.0 Å². The molecule has 0 spiro atoms. The molecule has 1 radical (unpaired) electrons. The maximum absolute atomic E-state index is 11.9. The van der Waals surface area contributed by atoms with Gasteiger partial charge in [-0.1, -0.05) is 56.7 Å². The van der Waals surface area contributed by atoms with Gasteiger partial charge in [-0.15, -0.1) is 6.42 Å². The molecule has 0 aliphatic heterocycles. The van der Waals surface area contributed by atoms with Crippen LogP contribution >= 0.6 is 0 Å². The second-order valence-electron chi connectivity index (χ2n) is 5.58. The van der Waals surface area contributed by atoms with Crippen molar-refractivity contribution in [3.63, 3.8) is 0 Å². The normalized spacial score (nSPS) is 9.92. The Bertz CT molecular complexity index is 997. The van der Waals surface area contributed by atoms with Gasteiger partial charge in [-0.3, -0.25) is 9.59 Å². The van der Waals surface area contributed by atoms with Crippen LogP contribution < -0.4 is 0 Å².